The fourth-order valence-electron chi connectivity index (χ4n) is 3.13. The Morgan fingerprint density at radius 2 is 1.65 bits per heavy atom. The molecule has 1 aliphatic rings. The van der Waals surface area contributed by atoms with Crippen molar-refractivity contribution in [2.75, 3.05) is 5.01 Å². The molecule has 0 fully saturated rings. The molecule has 0 radical (unpaired) electrons. The van der Waals surface area contributed by atoms with Crippen molar-refractivity contribution in [3.05, 3.63) is 99.2 Å². The van der Waals surface area contributed by atoms with Gasteiger partial charge >= 0.3 is 0 Å². The second-order valence-corrected chi connectivity index (χ2v) is 7.47. The Morgan fingerprint density at radius 3 is 2.35 bits per heavy atom. The van der Waals surface area contributed by atoms with E-state index in [0.717, 1.165) is 21.3 Å². The van der Waals surface area contributed by atoms with E-state index < -0.39 is 0 Å². The summed E-state index contributed by atoms with van der Waals surface area (Å²) in [4.78, 5) is 0. The Kier molecular flexibility index (Phi) is 4.79. The maximum Gasteiger partial charge on any atom is 0.148 e. The normalized spacial score (nSPS) is 16.7. The molecule has 0 saturated heterocycles. The lowest BCUT2D eigenvalue weighted by molar-refractivity contribution is 0.606. The van der Waals surface area contributed by atoms with Crippen molar-refractivity contribution in [2.24, 2.45) is 5.10 Å². The molecule has 130 valence electrons. The van der Waals surface area contributed by atoms with Gasteiger partial charge in [0, 0.05) is 15.9 Å². The average molecular weight is 430 g/mol. The zero-order chi connectivity index (χ0) is 18.1. The topological polar surface area (TPSA) is 15.6 Å². The molecule has 0 amide bonds. The first-order chi connectivity index (χ1) is 12.6. The van der Waals surface area contributed by atoms with E-state index in [-0.39, 0.29) is 11.9 Å². The van der Waals surface area contributed by atoms with Crippen molar-refractivity contribution in [1.29, 1.82) is 0 Å². The predicted molar refractivity (Wildman–Crippen MR) is 108 cm³/mol. The summed E-state index contributed by atoms with van der Waals surface area (Å²) in [6.45, 7) is 0. The van der Waals surface area contributed by atoms with E-state index in [1.165, 1.54) is 6.07 Å². The molecule has 0 N–H and O–H groups in total. The molecule has 0 saturated carbocycles. The second-order valence-electron chi connectivity index (χ2n) is 6.12. The van der Waals surface area contributed by atoms with Crippen LogP contribution in [0, 0.1) is 5.82 Å². The number of benzene rings is 3. The highest BCUT2D eigenvalue weighted by atomic mass is 79.9. The summed E-state index contributed by atoms with van der Waals surface area (Å²) >= 11 is 9.47. The van der Waals surface area contributed by atoms with Crippen molar-refractivity contribution in [3.8, 4) is 0 Å². The molecule has 0 unspecified atom stereocenters. The molecule has 1 aliphatic heterocycles. The maximum atomic E-state index is 14.4. The summed E-state index contributed by atoms with van der Waals surface area (Å²) in [7, 11) is 0. The Bertz CT molecular complexity index is 955. The van der Waals surface area contributed by atoms with E-state index >= 15 is 0 Å². The summed E-state index contributed by atoms with van der Waals surface area (Å²) in [6, 6.07) is 22.3. The lowest BCUT2D eigenvalue weighted by Gasteiger charge is -2.24. The molecule has 1 atom stereocenters. The molecule has 5 heteroatoms. The minimum atomic E-state index is -0.282. The lowest BCUT2D eigenvalue weighted by atomic mass is 9.98. The van der Waals surface area contributed by atoms with E-state index in [0.29, 0.717) is 17.1 Å². The van der Waals surface area contributed by atoms with Crippen LogP contribution in [0.4, 0.5) is 10.1 Å². The molecule has 0 spiro atoms. The highest BCUT2D eigenvalue weighted by molar-refractivity contribution is 9.10. The van der Waals surface area contributed by atoms with Gasteiger partial charge in [-0.1, -0.05) is 63.9 Å². The van der Waals surface area contributed by atoms with E-state index in [2.05, 4.69) is 15.9 Å². The van der Waals surface area contributed by atoms with Gasteiger partial charge in [0.2, 0.25) is 0 Å². The highest BCUT2D eigenvalue weighted by Crippen LogP contribution is 2.38. The first kappa shape index (κ1) is 17.3. The van der Waals surface area contributed by atoms with Crippen molar-refractivity contribution >= 4 is 38.9 Å². The first-order valence-electron chi connectivity index (χ1n) is 8.24. The molecule has 0 aromatic heterocycles. The Balaban J connectivity index is 1.77. The zero-order valence-electron chi connectivity index (χ0n) is 13.7. The van der Waals surface area contributed by atoms with Crippen molar-refractivity contribution in [3.63, 3.8) is 0 Å². The number of anilines is 1. The smallest absolute Gasteiger partial charge is 0.148 e. The standard InChI is InChI=1S/C21H15BrClFN2/c22-16-9-5-15(6-10-16)21-13-19(14-7-11-17(23)12-8-14)25-26(21)20-4-2-1-3-18(20)24/h1-12,21H,13H2/t21-/m1/s1. The fourth-order valence-corrected chi connectivity index (χ4v) is 3.52. The quantitative estimate of drug-likeness (QED) is 0.458. The third-order valence-corrected chi connectivity index (χ3v) is 5.22. The van der Waals surface area contributed by atoms with Gasteiger partial charge in [0.1, 0.15) is 5.82 Å². The monoisotopic (exact) mass is 428 g/mol. The number of para-hydroxylation sites is 1. The van der Waals surface area contributed by atoms with Crippen molar-refractivity contribution < 1.29 is 4.39 Å². The van der Waals surface area contributed by atoms with Crippen LogP contribution in [0.15, 0.2) is 82.4 Å². The molecule has 26 heavy (non-hydrogen) atoms. The van der Waals surface area contributed by atoms with Crippen molar-refractivity contribution in [1.82, 2.24) is 0 Å². The third-order valence-electron chi connectivity index (χ3n) is 4.44. The molecular formula is C21H15BrClFN2. The minimum Gasteiger partial charge on any atom is -0.254 e. The molecule has 0 bridgehead atoms. The number of hydrazone groups is 1. The molecular weight excluding hydrogens is 415 g/mol. The number of rotatable bonds is 3. The van der Waals surface area contributed by atoms with Crippen LogP contribution in [0.3, 0.4) is 0 Å². The van der Waals surface area contributed by atoms with E-state index in [1.54, 1.807) is 17.1 Å². The summed E-state index contributed by atoms with van der Waals surface area (Å²) in [5.74, 6) is -0.282. The van der Waals surface area contributed by atoms with Crippen LogP contribution in [0.5, 0.6) is 0 Å². The Labute approximate surface area is 165 Å². The SMILES string of the molecule is Fc1ccccc1N1N=C(c2ccc(Cl)cc2)C[C@@H]1c1ccc(Br)cc1. The van der Waals surface area contributed by atoms with Gasteiger partial charge in [0.05, 0.1) is 17.4 Å². The number of halogens is 3. The van der Waals surface area contributed by atoms with Gasteiger partial charge in [-0.05, 0) is 47.5 Å². The van der Waals surface area contributed by atoms with Crippen LogP contribution < -0.4 is 5.01 Å². The fraction of sp³-hybridized carbons (Fsp3) is 0.0952. The molecule has 1 heterocycles. The van der Waals surface area contributed by atoms with Crippen molar-refractivity contribution in [2.45, 2.75) is 12.5 Å². The van der Waals surface area contributed by atoms with Crippen LogP contribution >= 0.6 is 27.5 Å². The van der Waals surface area contributed by atoms with E-state index in [4.69, 9.17) is 16.7 Å². The molecule has 0 aliphatic carbocycles. The molecule has 3 aromatic carbocycles. The summed E-state index contributed by atoms with van der Waals surface area (Å²) in [5, 5.41) is 7.22. The van der Waals surface area contributed by atoms with Crippen LogP contribution in [-0.4, -0.2) is 5.71 Å². The summed E-state index contributed by atoms with van der Waals surface area (Å²) in [6.07, 6.45) is 0.692. The van der Waals surface area contributed by atoms with Gasteiger partial charge in [-0.15, -0.1) is 0 Å². The summed E-state index contributed by atoms with van der Waals surface area (Å²) in [5.41, 5.74) is 3.47. The van der Waals surface area contributed by atoms with Gasteiger partial charge in [-0.2, -0.15) is 5.10 Å². The van der Waals surface area contributed by atoms with Gasteiger partial charge < -0.3 is 0 Å². The van der Waals surface area contributed by atoms with Gasteiger partial charge in [-0.3, -0.25) is 5.01 Å². The van der Waals surface area contributed by atoms with Gasteiger partial charge in [-0.25, -0.2) is 4.39 Å². The lowest BCUT2D eigenvalue weighted by Crippen LogP contribution is -2.19. The highest BCUT2D eigenvalue weighted by Gasteiger charge is 2.31. The number of nitrogens with zero attached hydrogens (tertiary/aromatic N) is 2. The maximum absolute atomic E-state index is 14.4. The largest absolute Gasteiger partial charge is 0.254 e. The average Bonchev–Trinajstić information content (AvgIpc) is 3.08. The van der Waals surface area contributed by atoms with E-state index in [9.17, 15) is 4.39 Å². The Morgan fingerprint density at radius 1 is 0.962 bits per heavy atom. The molecule has 2 nitrogen and oxygen atoms in total. The van der Waals surface area contributed by atoms with Gasteiger partial charge in [0.25, 0.3) is 0 Å². The predicted octanol–water partition coefficient (Wildman–Crippen LogP) is 6.60. The van der Waals surface area contributed by atoms with Crippen LogP contribution in [-0.2, 0) is 0 Å². The van der Waals surface area contributed by atoms with Crippen LogP contribution in [0.25, 0.3) is 0 Å². The van der Waals surface area contributed by atoms with Crippen LogP contribution in [0.2, 0.25) is 5.02 Å². The van der Waals surface area contributed by atoms with Crippen LogP contribution in [0.1, 0.15) is 23.6 Å². The third kappa shape index (κ3) is 3.39. The van der Waals surface area contributed by atoms with E-state index in [1.807, 2.05) is 54.6 Å². The summed E-state index contributed by atoms with van der Waals surface area (Å²) < 4.78 is 15.5. The number of hydrogen-bond acceptors (Lipinski definition) is 2. The first-order valence-corrected chi connectivity index (χ1v) is 9.41. The second kappa shape index (κ2) is 7.22. The molecule has 3 aromatic rings. The number of hydrogen-bond donors (Lipinski definition) is 0. The zero-order valence-corrected chi connectivity index (χ0v) is 16.1. The minimum absolute atomic E-state index is 0.0642. The Hall–Kier alpha value is -2.17. The van der Waals surface area contributed by atoms with Gasteiger partial charge in [0.15, 0.2) is 0 Å². The molecule has 4 rings (SSSR count).